The molecule has 0 aromatic carbocycles. The molecule has 0 amide bonds. The summed E-state index contributed by atoms with van der Waals surface area (Å²) in [6, 6.07) is 1.82. The van der Waals surface area contributed by atoms with Crippen LogP contribution in [-0.2, 0) is 0 Å². The first-order valence-electron chi connectivity index (χ1n) is 4.28. The summed E-state index contributed by atoms with van der Waals surface area (Å²) in [5, 5.41) is 9.83. The highest BCUT2D eigenvalue weighted by atomic mass is 16.4. The molecule has 2 aromatic heterocycles. The molecule has 0 aliphatic heterocycles. The van der Waals surface area contributed by atoms with Crippen molar-refractivity contribution in [1.29, 1.82) is 0 Å². The van der Waals surface area contributed by atoms with Gasteiger partial charge < -0.3 is 10.1 Å². The predicted octanol–water partition coefficient (Wildman–Crippen LogP) is 1.88. The molecule has 2 rings (SSSR count). The molecular weight excluding hydrogens is 180 g/mol. The summed E-state index contributed by atoms with van der Waals surface area (Å²) < 4.78 is 0. The number of carbonyl (C=O) groups is 1. The van der Waals surface area contributed by atoms with Crippen molar-refractivity contribution in [2.24, 2.45) is 0 Å². The molecule has 0 radical (unpaired) electrons. The second kappa shape index (κ2) is 2.83. The van der Waals surface area contributed by atoms with E-state index >= 15 is 0 Å². The first-order chi connectivity index (χ1) is 6.61. The fraction of sp³-hybridized carbons (Fsp3) is 0.200. The molecule has 4 heteroatoms. The van der Waals surface area contributed by atoms with Crippen molar-refractivity contribution in [3.05, 3.63) is 29.2 Å². The topological polar surface area (TPSA) is 66.0 Å². The smallest absolute Gasteiger partial charge is 0.356 e. The number of aryl methyl sites for hydroxylation is 2. The summed E-state index contributed by atoms with van der Waals surface area (Å²) in [6.45, 7) is 3.88. The fourth-order valence-corrected chi connectivity index (χ4v) is 1.55. The third-order valence-electron chi connectivity index (χ3n) is 2.43. The van der Waals surface area contributed by atoms with Gasteiger partial charge in [-0.25, -0.2) is 9.78 Å². The molecule has 0 atom stereocenters. The molecule has 2 heterocycles. The zero-order chi connectivity index (χ0) is 10.3. The van der Waals surface area contributed by atoms with E-state index in [-0.39, 0.29) is 5.69 Å². The van der Waals surface area contributed by atoms with E-state index in [1.165, 1.54) is 6.20 Å². The van der Waals surface area contributed by atoms with Crippen molar-refractivity contribution in [2.45, 2.75) is 13.8 Å². The molecular formula is C10H10N2O2. The van der Waals surface area contributed by atoms with Crippen molar-refractivity contribution < 1.29 is 9.90 Å². The van der Waals surface area contributed by atoms with Gasteiger partial charge >= 0.3 is 5.97 Å². The lowest BCUT2D eigenvalue weighted by molar-refractivity contribution is 0.0692. The Labute approximate surface area is 80.6 Å². The molecule has 0 saturated carbocycles. The fourth-order valence-electron chi connectivity index (χ4n) is 1.55. The molecule has 72 valence electrons. The van der Waals surface area contributed by atoms with Gasteiger partial charge in [-0.3, -0.25) is 0 Å². The maximum atomic E-state index is 10.9. The lowest BCUT2D eigenvalue weighted by atomic mass is 10.1. The average molecular weight is 190 g/mol. The predicted molar refractivity (Wildman–Crippen MR) is 52.5 cm³/mol. The van der Waals surface area contributed by atoms with E-state index in [1.807, 2.05) is 19.9 Å². The lowest BCUT2D eigenvalue weighted by Gasteiger charge is -1.95. The minimum absolute atomic E-state index is 0.0821. The van der Waals surface area contributed by atoms with Crippen LogP contribution in [0.2, 0.25) is 0 Å². The lowest BCUT2D eigenvalue weighted by Crippen LogP contribution is -2.00. The quantitative estimate of drug-likeness (QED) is 0.721. The maximum Gasteiger partial charge on any atom is 0.356 e. The normalized spacial score (nSPS) is 10.7. The summed E-state index contributed by atoms with van der Waals surface area (Å²) in [6.07, 6.45) is 1.52. The number of nitrogens with zero attached hydrogens (tertiary/aromatic N) is 1. The monoisotopic (exact) mass is 190 g/mol. The van der Waals surface area contributed by atoms with Gasteiger partial charge in [0.05, 0.1) is 5.52 Å². The summed E-state index contributed by atoms with van der Waals surface area (Å²) in [4.78, 5) is 17.7. The van der Waals surface area contributed by atoms with Gasteiger partial charge in [0.2, 0.25) is 0 Å². The van der Waals surface area contributed by atoms with Crippen molar-refractivity contribution in [3.8, 4) is 0 Å². The van der Waals surface area contributed by atoms with Gasteiger partial charge in [-0.05, 0) is 25.5 Å². The minimum atomic E-state index is -1.00. The summed E-state index contributed by atoms with van der Waals surface area (Å²) in [5.41, 5.74) is 2.74. The van der Waals surface area contributed by atoms with Crippen LogP contribution >= 0.6 is 0 Å². The average Bonchev–Trinajstić information content (AvgIpc) is 2.43. The SMILES string of the molecule is Cc1[nH]c2c(C(=O)O)nccc2c1C. The number of carboxylic acid groups (broad SMARTS) is 1. The molecule has 14 heavy (non-hydrogen) atoms. The summed E-state index contributed by atoms with van der Waals surface area (Å²) in [7, 11) is 0. The molecule has 4 nitrogen and oxygen atoms in total. The van der Waals surface area contributed by atoms with Crippen LogP contribution in [0.1, 0.15) is 21.7 Å². The third kappa shape index (κ3) is 1.08. The number of carboxylic acids is 1. The Morgan fingerprint density at radius 1 is 1.50 bits per heavy atom. The standard InChI is InChI=1S/C10H10N2O2/c1-5-6(2)12-8-7(5)3-4-11-9(8)10(13)14/h3-4,12H,1-2H3,(H,13,14). The van der Waals surface area contributed by atoms with E-state index < -0.39 is 5.97 Å². The van der Waals surface area contributed by atoms with Crippen molar-refractivity contribution in [3.63, 3.8) is 0 Å². The van der Waals surface area contributed by atoms with E-state index in [0.29, 0.717) is 5.52 Å². The number of hydrogen-bond acceptors (Lipinski definition) is 2. The molecule has 0 fully saturated rings. The molecule has 2 aromatic rings. The van der Waals surface area contributed by atoms with E-state index in [1.54, 1.807) is 0 Å². The second-order valence-electron chi connectivity index (χ2n) is 3.26. The Morgan fingerprint density at radius 3 is 2.86 bits per heavy atom. The van der Waals surface area contributed by atoms with E-state index in [0.717, 1.165) is 16.6 Å². The molecule has 0 bridgehead atoms. The second-order valence-corrected chi connectivity index (χ2v) is 3.26. The van der Waals surface area contributed by atoms with Crippen molar-refractivity contribution in [1.82, 2.24) is 9.97 Å². The number of aromatic carboxylic acids is 1. The number of nitrogens with one attached hydrogen (secondary N) is 1. The number of aromatic nitrogens is 2. The van der Waals surface area contributed by atoms with Gasteiger partial charge in [0.25, 0.3) is 0 Å². The first-order valence-corrected chi connectivity index (χ1v) is 4.28. The summed E-state index contributed by atoms with van der Waals surface area (Å²) in [5.74, 6) is -1.00. The zero-order valence-electron chi connectivity index (χ0n) is 7.96. The van der Waals surface area contributed by atoms with Crippen LogP contribution in [0.15, 0.2) is 12.3 Å². The largest absolute Gasteiger partial charge is 0.476 e. The molecule has 0 aliphatic carbocycles. The van der Waals surface area contributed by atoms with Crippen molar-refractivity contribution in [2.75, 3.05) is 0 Å². The molecule has 2 N–H and O–H groups in total. The Morgan fingerprint density at radius 2 is 2.21 bits per heavy atom. The van der Waals surface area contributed by atoms with Gasteiger partial charge in [-0.1, -0.05) is 0 Å². The molecule has 0 spiro atoms. The molecule has 0 aliphatic rings. The van der Waals surface area contributed by atoms with Crippen LogP contribution in [0.4, 0.5) is 0 Å². The van der Waals surface area contributed by atoms with E-state index in [2.05, 4.69) is 9.97 Å². The van der Waals surface area contributed by atoms with Gasteiger partial charge in [-0.15, -0.1) is 0 Å². The maximum absolute atomic E-state index is 10.9. The minimum Gasteiger partial charge on any atom is -0.476 e. The van der Waals surface area contributed by atoms with Crippen LogP contribution in [0.25, 0.3) is 10.9 Å². The highest BCUT2D eigenvalue weighted by Crippen LogP contribution is 2.22. The Bertz CT molecular complexity index is 514. The summed E-state index contributed by atoms with van der Waals surface area (Å²) >= 11 is 0. The third-order valence-corrected chi connectivity index (χ3v) is 2.43. The highest BCUT2D eigenvalue weighted by Gasteiger charge is 2.13. The number of aromatic amines is 1. The van der Waals surface area contributed by atoms with Gasteiger partial charge in [0.1, 0.15) is 0 Å². The Kier molecular flexibility index (Phi) is 1.77. The molecule has 0 unspecified atom stereocenters. The number of rotatable bonds is 1. The number of fused-ring (bicyclic) bond motifs is 1. The Balaban J connectivity index is 2.88. The van der Waals surface area contributed by atoms with Crippen LogP contribution < -0.4 is 0 Å². The van der Waals surface area contributed by atoms with E-state index in [4.69, 9.17) is 5.11 Å². The number of H-pyrrole nitrogens is 1. The van der Waals surface area contributed by atoms with Crippen LogP contribution in [0.3, 0.4) is 0 Å². The van der Waals surface area contributed by atoms with Crippen LogP contribution in [0, 0.1) is 13.8 Å². The van der Waals surface area contributed by atoms with E-state index in [9.17, 15) is 4.79 Å². The first kappa shape index (κ1) is 8.74. The van der Waals surface area contributed by atoms with Crippen LogP contribution in [-0.4, -0.2) is 21.0 Å². The highest BCUT2D eigenvalue weighted by molar-refractivity contribution is 6.01. The van der Waals surface area contributed by atoms with Crippen molar-refractivity contribution >= 4 is 16.9 Å². The molecule has 0 saturated heterocycles. The van der Waals surface area contributed by atoms with Crippen LogP contribution in [0.5, 0.6) is 0 Å². The van der Waals surface area contributed by atoms with Gasteiger partial charge in [0, 0.05) is 17.3 Å². The van der Waals surface area contributed by atoms with Gasteiger partial charge in [-0.2, -0.15) is 0 Å². The van der Waals surface area contributed by atoms with Gasteiger partial charge in [0.15, 0.2) is 5.69 Å². The number of hydrogen-bond donors (Lipinski definition) is 2. The zero-order valence-corrected chi connectivity index (χ0v) is 7.96. The Hall–Kier alpha value is -1.84. The number of pyridine rings is 1.